The van der Waals surface area contributed by atoms with Crippen molar-refractivity contribution < 1.29 is 19.4 Å². The van der Waals surface area contributed by atoms with Crippen LogP contribution < -0.4 is 10.1 Å². The van der Waals surface area contributed by atoms with Crippen molar-refractivity contribution >= 4 is 33.6 Å². The number of nitrogens with one attached hydrogen (secondary N) is 1. The minimum Gasteiger partial charge on any atom is -0.497 e. The van der Waals surface area contributed by atoms with Crippen LogP contribution in [0.25, 0.3) is 0 Å². The number of anilines is 1. The summed E-state index contributed by atoms with van der Waals surface area (Å²) in [7, 11) is 1.50. The van der Waals surface area contributed by atoms with Gasteiger partial charge in [0.15, 0.2) is 0 Å². The maximum Gasteiger partial charge on any atom is 0.323 e. The fourth-order valence-corrected chi connectivity index (χ4v) is 1.90. The number of carboxylic acid groups (broad SMARTS) is 1. The van der Waals surface area contributed by atoms with E-state index in [1.807, 2.05) is 0 Å². The van der Waals surface area contributed by atoms with Crippen molar-refractivity contribution in [3.63, 3.8) is 0 Å². The summed E-state index contributed by atoms with van der Waals surface area (Å²) in [5, 5.41) is 11.3. The van der Waals surface area contributed by atoms with Gasteiger partial charge < -0.3 is 20.1 Å². The predicted molar refractivity (Wildman–Crippen MR) is 77.8 cm³/mol. The summed E-state index contributed by atoms with van der Waals surface area (Å²) in [6.45, 7) is -0.565. The van der Waals surface area contributed by atoms with Crippen molar-refractivity contribution in [1.29, 1.82) is 0 Å². The van der Waals surface area contributed by atoms with Crippen molar-refractivity contribution in [2.75, 3.05) is 25.5 Å². The minimum atomic E-state index is -1.14. The Morgan fingerprint density at radius 2 is 2.20 bits per heavy atom. The Morgan fingerprint density at radius 3 is 2.75 bits per heavy atom. The monoisotopic (exact) mass is 340 g/mol. The molecule has 0 fully saturated rings. The van der Waals surface area contributed by atoms with Crippen LogP contribution in [0, 0.1) is 12.3 Å². The first-order chi connectivity index (χ1) is 9.46. The number of amides is 2. The number of hydrogen-bond acceptors (Lipinski definition) is 3. The highest BCUT2D eigenvalue weighted by molar-refractivity contribution is 9.10. The number of hydrogen-bond donors (Lipinski definition) is 2. The zero-order valence-electron chi connectivity index (χ0n) is 10.7. The predicted octanol–water partition coefficient (Wildman–Crippen LogP) is 2.01. The van der Waals surface area contributed by atoms with Gasteiger partial charge in [0, 0.05) is 16.2 Å². The van der Waals surface area contributed by atoms with Crippen molar-refractivity contribution in [2.24, 2.45) is 0 Å². The molecule has 0 bridgehead atoms. The SMILES string of the molecule is C#CCN(CC(=O)O)C(=O)Nc1cc(Br)cc(OC)c1. The van der Waals surface area contributed by atoms with Crippen LogP contribution in [0.15, 0.2) is 22.7 Å². The van der Waals surface area contributed by atoms with Gasteiger partial charge in [-0.15, -0.1) is 6.42 Å². The van der Waals surface area contributed by atoms with E-state index < -0.39 is 18.5 Å². The molecular weight excluding hydrogens is 328 g/mol. The highest BCUT2D eigenvalue weighted by Crippen LogP contribution is 2.24. The number of ether oxygens (including phenoxy) is 1. The molecule has 2 amide bonds. The number of nitrogens with zero attached hydrogens (tertiary/aromatic N) is 1. The van der Waals surface area contributed by atoms with Gasteiger partial charge in [-0.1, -0.05) is 21.9 Å². The van der Waals surface area contributed by atoms with Crippen LogP contribution >= 0.6 is 15.9 Å². The van der Waals surface area contributed by atoms with Crippen molar-refractivity contribution in [2.45, 2.75) is 0 Å². The summed E-state index contributed by atoms with van der Waals surface area (Å²) in [6, 6.07) is 4.41. The van der Waals surface area contributed by atoms with Gasteiger partial charge in [0.25, 0.3) is 0 Å². The Morgan fingerprint density at radius 1 is 1.50 bits per heavy atom. The molecule has 0 spiro atoms. The molecule has 0 saturated carbocycles. The maximum atomic E-state index is 11.9. The molecule has 106 valence electrons. The molecule has 0 atom stereocenters. The number of methoxy groups -OCH3 is 1. The van der Waals surface area contributed by atoms with Gasteiger partial charge in [-0.3, -0.25) is 4.79 Å². The summed E-state index contributed by atoms with van der Waals surface area (Å²) in [5.41, 5.74) is 0.466. The van der Waals surface area contributed by atoms with Crippen molar-refractivity contribution in [3.8, 4) is 18.1 Å². The van der Waals surface area contributed by atoms with E-state index in [0.29, 0.717) is 15.9 Å². The van der Waals surface area contributed by atoms with Crippen molar-refractivity contribution in [3.05, 3.63) is 22.7 Å². The van der Waals surface area contributed by atoms with Gasteiger partial charge in [-0.05, 0) is 12.1 Å². The van der Waals surface area contributed by atoms with Gasteiger partial charge in [0.1, 0.15) is 12.3 Å². The third-order valence-corrected chi connectivity index (χ3v) is 2.71. The summed E-state index contributed by atoms with van der Waals surface area (Å²) < 4.78 is 5.78. The second-order valence-corrected chi connectivity index (χ2v) is 4.68. The molecule has 0 radical (unpaired) electrons. The highest BCUT2D eigenvalue weighted by atomic mass is 79.9. The van der Waals surface area contributed by atoms with Gasteiger partial charge in [-0.25, -0.2) is 4.79 Å². The third kappa shape index (κ3) is 4.82. The van der Waals surface area contributed by atoms with Gasteiger partial charge in [0.05, 0.1) is 13.7 Å². The zero-order valence-corrected chi connectivity index (χ0v) is 12.3. The molecule has 6 nitrogen and oxygen atoms in total. The number of benzene rings is 1. The van der Waals surface area contributed by atoms with Crippen LogP contribution in [0.2, 0.25) is 0 Å². The molecule has 0 saturated heterocycles. The van der Waals surface area contributed by atoms with Crippen LogP contribution in [0.1, 0.15) is 0 Å². The van der Waals surface area contributed by atoms with Crippen LogP contribution in [0.4, 0.5) is 10.5 Å². The average Bonchev–Trinajstić information content (AvgIpc) is 2.36. The summed E-state index contributed by atoms with van der Waals surface area (Å²) >= 11 is 3.28. The first-order valence-corrected chi connectivity index (χ1v) is 6.31. The number of aliphatic carboxylic acids is 1. The molecule has 7 heteroatoms. The topological polar surface area (TPSA) is 78.9 Å². The summed E-state index contributed by atoms with van der Waals surface area (Å²) in [4.78, 5) is 23.6. The van der Waals surface area contributed by atoms with E-state index in [1.165, 1.54) is 7.11 Å². The van der Waals surface area contributed by atoms with E-state index >= 15 is 0 Å². The van der Waals surface area contributed by atoms with E-state index in [4.69, 9.17) is 16.3 Å². The summed E-state index contributed by atoms with van der Waals surface area (Å²) in [6.07, 6.45) is 5.11. The lowest BCUT2D eigenvalue weighted by Crippen LogP contribution is -2.39. The Balaban J connectivity index is 2.84. The lowest BCUT2D eigenvalue weighted by atomic mass is 10.3. The first kappa shape index (κ1) is 15.9. The van der Waals surface area contributed by atoms with Gasteiger partial charge >= 0.3 is 12.0 Å². The number of carbonyl (C=O) groups excluding carboxylic acids is 1. The maximum absolute atomic E-state index is 11.9. The highest BCUT2D eigenvalue weighted by Gasteiger charge is 2.16. The molecule has 0 aliphatic rings. The number of terminal acetylenes is 1. The van der Waals surface area contributed by atoms with Crippen LogP contribution in [0.3, 0.4) is 0 Å². The Kier molecular flexibility index (Phi) is 5.87. The molecule has 1 aromatic carbocycles. The minimum absolute atomic E-state index is 0.0940. The van der Waals surface area contributed by atoms with Crippen LogP contribution in [-0.4, -0.2) is 42.2 Å². The molecule has 20 heavy (non-hydrogen) atoms. The van der Waals surface area contributed by atoms with Crippen molar-refractivity contribution in [1.82, 2.24) is 4.90 Å². The van der Waals surface area contributed by atoms with E-state index in [0.717, 1.165) is 4.90 Å². The number of urea groups is 1. The molecule has 1 rings (SSSR count). The largest absolute Gasteiger partial charge is 0.497 e. The fourth-order valence-electron chi connectivity index (χ4n) is 1.43. The first-order valence-electron chi connectivity index (χ1n) is 5.52. The quantitative estimate of drug-likeness (QED) is 0.803. The smallest absolute Gasteiger partial charge is 0.323 e. The van der Waals surface area contributed by atoms with E-state index in [9.17, 15) is 9.59 Å². The van der Waals surface area contributed by atoms with Gasteiger partial charge in [-0.2, -0.15) is 0 Å². The van der Waals surface area contributed by atoms with E-state index in [-0.39, 0.29) is 6.54 Å². The molecule has 0 aliphatic heterocycles. The van der Waals surface area contributed by atoms with E-state index in [1.54, 1.807) is 18.2 Å². The number of rotatable bonds is 5. The van der Waals surface area contributed by atoms with Gasteiger partial charge in [0.2, 0.25) is 0 Å². The lowest BCUT2D eigenvalue weighted by Gasteiger charge is -2.19. The number of carboxylic acids is 1. The third-order valence-electron chi connectivity index (χ3n) is 2.25. The zero-order chi connectivity index (χ0) is 15.1. The molecule has 0 heterocycles. The standard InChI is InChI=1S/C13H13BrN2O4/c1-3-4-16(8-12(17)18)13(19)15-10-5-9(14)6-11(7-10)20-2/h1,5-7H,4,8H2,2H3,(H,15,19)(H,17,18). The molecule has 0 aliphatic carbocycles. The Bertz CT molecular complexity index is 554. The normalized spacial score (nSPS) is 9.45. The van der Waals surface area contributed by atoms with E-state index in [2.05, 4.69) is 27.2 Å². The number of carbonyl (C=O) groups is 2. The average molecular weight is 341 g/mol. The van der Waals surface area contributed by atoms with Crippen LogP contribution in [0.5, 0.6) is 5.75 Å². The lowest BCUT2D eigenvalue weighted by molar-refractivity contribution is -0.137. The molecule has 0 aromatic heterocycles. The van der Waals surface area contributed by atoms with Crippen LogP contribution in [-0.2, 0) is 4.79 Å². The Labute approximate surface area is 124 Å². The summed E-state index contributed by atoms with van der Waals surface area (Å²) in [5.74, 6) is 1.66. The molecular formula is C13H13BrN2O4. The fraction of sp³-hybridized carbons (Fsp3) is 0.231. The molecule has 1 aromatic rings. The molecule has 0 unspecified atom stereocenters. The second-order valence-electron chi connectivity index (χ2n) is 3.76. The second kappa shape index (κ2) is 7.40. The Hall–Kier alpha value is -2.20. The number of halogens is 1. The molecule has 2 N–H and O–H groups in total.